The number of aliphatic hydroxyl groups is 1. The average Bonchev–Trinajstić information content (AvgIpc) is 3.25. The Kier molecular flexibility index (Phi) is 6.56. The van der Waals surface area contributed by atoms with Gasteiger partial charge in [-0.25, -0.2) is 9.59 Å². The predicted molar refractivity (Wildman–Crippen MR) is 157 cm³/mol. The second kappa shape index (κ2) is 9.61. The van der Waals surface area contributed by atoms with Crippen molar-refractivity contribution in [2.45, 2.75) is 90.8 Å². The maximum atomic E-state index is 13.9. The van der Waals surface area contributed by atoms with Crippen LogP contribution in [-0.2, 0) is 4.74 Å². The third kappa shape index (κ3) is 4.34. The van der Waals surface area contributed by atoms with Crippen molar-refractivity contribution < 1.29 is 19.4 Å². The molecule has 6 rings (SSSR count). The number of carbonyl (C=O) groups excluding carboxylic acids is 2. The number of benzene rings is 2. The third-order valence-electron chi connectivity index (χ3n) is 11.7. The summed E-state index contributed by atoms with van der Waals surface area (Å²) >= 11 is 0. The van der Waals surface area contributed by atoms with Gasteiger partial charge in [-0.05, 0) is 117 Å². The molecule has 3 amide bonds. The van der Waals surface area contributed by atoms with E-state index in [-0.39, 0.29) is 22.3 Å². The topological polar surface area (TPSA) is 78.9 Å². The molecular weight excluding hydrogens is 500 g/mol. The quantitative estimate of drug-likeness (QED) is 0.410. The van der Waals surface area contributed by atoms with Crippen LogP contribution in [0.4, 0.5) is 21.0 Å². The lowest BCUT2D eigenvalue weighted by atomic mass is 9.39. The summed E-state index contributed by atoms with van der Waals surface area (Å²) in [5, 5.41) is 14.0. The van der Waals surface area contributed by atoms with Gasteiger partial charge in [-0.2, -0.15) is 4.90 Å². The summed E-state index contributed by atoms with van der Waals surface area (Å²) in [5.41, 5.74) is 0.704. The highest BCUT2D eigenvalue weighted by Gasteiger charge is 2.69. The summed E-state index contributed by atoms with van der Waals surface area (Å²) in [6.45, 7) is 9.19. The van der Waals surface area contributed by atoms with Crippen LogP contribution in [0.25, 0.3) is 0 Å². The van der Waals surface area contributed by atoms with Crippen LogP contribution in [0.2, 0.25) is 0 Å². The van der Waals surface area contributed by atoms with Gasteiger partial charge in [0.05, 0.1) is 11.3 Å². The van der Waals surface area contributed by atoms with E-state index in [4.69, 9.17) is 4.74 Å². The van der Waals surface area contributed by atoms with E-state index in [0.29, 0.717) is 29.1 Å². The Bertz CT molecular complexity index is 1260. The van der Waals surface area contributed by atoms with Crippen molar-refractivity contribution in [2.24, 2.45) is 34.0 Å². The van der Waals surface area contributed by atoms with E-state index in [1.54, 1.807) is 24.3 Å². The highest BCUT2D eigenvalue weighted by Crippen LogP contribution is 2.75. The van der Waals surface area contributed by atoms with E-state index in [0.717, 1.165) is 43.4 Å². The molecule has 2 aromatic rings. The van der Waals surface area contributed by atoms with Crippen molar-refractivity contribution in [3.8, 4) is 0 Å². The Morgan fingerprint density at radius 3 is 2.25 bits per heavy atom. The number of nitrogens with one attached hydrogen (secondary N) is 1. The maximum absolute atomic E-state index is 13.9. The summed E-state index contributed by atoms with van der Waals surface area (Å²) in [6.07, 6.45) is 7.18. The van der Waals surface area contributed by atoms with Crippen LogP contribution in [0.15, 0.2) is 60.7 Å². The monoisotopic (exact) mass is 544 g/mol. The molecule has 4 saturated carbocycles. The molecule has 7 atom stereocenters. The lowest BCUT2D eigenvalue weighted by molar-refractivity contribution is -0.193. The number of anilines is 2. The zero-order chi connectivity index (χ0) is 28.3. The van der Waals surface area contributed by atoms with Crippen molar-refractivity contribution in [2.75, 3.05) is 10.2 Å². The smallest absolute Gasteiger partial charge is 0.422 e. The van der Waals surface area contributed by atoms with Crippen molar-refractivity contribution in [3.63, 3.8) is 0 Å². The molecule has 0 unspecified atom stereocenters. The number of nitrogens with zero attached hydrogens (tertiary/aromatic N) is 1. The molecule has 214 valence electrons. The van der Waals surface area contributed by atoms with Gasteiger partial charge in [0.25, 0.3) is 0 Å². The van der Waals surface area contributed by atoms with Gasteiger partial charge in [0.15, 0.2) is 0 Å². The summed E-state index contributed by atoms with van der Waals surface area (Å²) in [4.78, 5) is 28.4. The Morgan fingerprint density at radius 1 is 0.875 bits per heavy atom. The van der Waals surface area contributed by atoms with Gasteiger partial charge < -0.3 is 15.2 Å². The Labute approximate surface area is 238 Å². The lowest BCUT2D eigenvalue weighted by Crippen LogP contribution is -2.61. The molecule has 6 nitrogen and oxygen atoms in total. The molecule has 4 aliphatic carbocycles. The van der Waals surface area contributed by atoms with E-state index in [2.05, 4.69) is 26.1 Å². The first-order valence-corrected chi connectivity index (χ1v) is 15.1. The molecule has 4 aliphatic rings. The molecule has 40 heavy (non-hydrogen) atoms. The zero-order valence-electron chi connectivity index (χ0n) is 24.4. The second-order valence-electron chi connectivity index (χ2n) is 14.3. The van der Waals surface area contributed by atoms with Crippen molar-refractivity contribution in [3.05, 3.63) is 60.7 Å². The minimum atomic E-state index is -0.636. The van der Waals surface area contributed by atoms with Gasteiger partial charge in [-0.3, -0.25) is 0 Å². The van der Waals surface area contributed by atoms with Crippen LogP contribution in [0.1, 0.15) is 79.1 Å². The Morgan fingerprint density at radius 2 is 1.55 bits per heavy atom. The molecule has 6 heteroatoms. The molecular formula is C34H44N2O4. The minimum absolute atomic E-state index is 0.000404. The summed E-state index contributed by atoms with van der Waals surface area (Å²) in [5.74, 6) is 1.51. The van der Waals surface area contributed by atoms with Crippen LogP contribution >= 0.6 is 0 Å². The number of amides is 3. The number of hydrogen-bond acceptors (Lipinski definition) is 4. The Hall–Kier alpha value is -2.86. The standard InChI is InChI=1S/C34H44N2O4/c1-31(2)21-27(22-32(3)28(31)16-15-23-19-24-20-34(23,32)18-17-33(24,4)39)40-30(38)36(26-13-9-6-10-14-26)29(37)35-25-11-7-5-8-12-25/h5-14,23-24,27-28,39H,15-22H2,1-4H3,(H,35,37)/t23-,24-,27-,28-,32-,33-,34+/m0/s1. The number of fused-ring (bicyclic) bond motifs is 2. The average molecular weight is 545 g/mol. The molecule has 0 aliphatic heterocycles. The molecule has 0 aromatic heterocycles. The highest BCUT2D eigenvalue weighted by atomic mass is 16.6. The van der Waals surface area contributed by atoms with Gasteiger partial charge in [0, 0.05) is 5.69 Å². The van der Waals surface area contributed by atoms with Crippen LogP contribution in [-0.4, -0.2) is 28.9 Å². The zero-order valence-corrected chi connectivity index (χ0v) is 24.4. The molecule has 1 spiro atoms. The molecule has 0 saturated heterocycles. The molecule has 2 bridgehead atoms. The summed E-state index contributed by atoms with van der Waals surface area (Å²) in [7, 11) is 0. The van der Waals surface area contributed by atoms with E-state index in [1.807, 2.05) is 43.3 Å². The number of imide groups is 1. The van der Waals surface area contributed by atoms with Gasteiger partial charge in [0.2, 0.25) is 0 Å². The van der Waals surface area contributed by atoms with Crippen molar-refractivity contribution >= 4 is 23.5 Å². The van der Waals surface area contributed by atoms with Crippen LogP contribution in [0.3, 0.4) is 0 Å². The van der Waals surface area contributed by atoms with Gasteiger partial charge >= 0.3 is 12.1 Å². The van der Waals surface area contributed by atoms with Gasteiger partial charge in [0.1, 0.15) is 6.10 Å². The third-order valence-corrected chi connectivity index (χ3v) is 11.7. The van der Waals surface area contributed by atoms with Crippen molar-refractivity contribution in [1.29, 1.82) is 0 Å². The van der Waals surface area contributed by atoms with E-state index >= 15 is 0 Å². The first kappa shape index (κ1) is 27.3. The fourth-order valence-corrected chi connectivity index (χ4v) is 9.87. The number of urea groups is 1. The fourth-order valence-electron chi connectivity index (χ4n) is 9.87. The molecule has 4 fully saturated rings. The van der Waals surface area contributed by atoms with Gasteiger partial charge in [-0.15, -0.1) is 0 Å². The molecule has 0 heterocycles. The van der Waals surface area contributed by atoms with E-state index in [9.17, 15) is 14.7 Å². The highest BCUT2D eigenvalue weighted by molar-refractivity contribution is 6.16. The van der Waals surface area contributed by atoms with E-state index < -0.39 is 17.7 Å². The SMILES string of the molecule is CC1(C)C[C@H](OC(=O)N(C(=O)Nc2ccccc2)c2ccccc2)C[C@@]2(C)[C@H]1CC[C@H]1C[C@H]3C[C@]12CC[C@]3(C)O. The Balaban J connectivity index is 1.28. The summed E-state index contributed by atoms with van der Waals surface area (Å²) in [6, 6.07) is 17.6. The minimum Gasteiger partial charge on any atom is -0.445 e. The fraction of sp³-hybridized carbons (Fsp3) is 0.588. The maximum Gasteiger partial charge on any atom is 0.422 e. The van der Waals surface area contributed by atoms with Gasteiger partial charge in [-0.1, -0.05) is 57.2 Å². The molecule has 2 aromatic carbocycles. The van der Waals surface area contributed by atoms with E-state index in [1.165, 1.54) is 12.8 Å². The number of ether oxygens (including phenoxy) is 1. The summed E-state index contributed by atoms with van der Waals surface area (Å²) < 4.78 is 6.32. The second-order valence-corrected chi connectivity index (χ2v) is 14.3. The number of para-hydroxylation sites is 2. The predicted octanol–water partition coefficient (Wildman–Crippen LogP) is 8.02. The largest absolute Gasteiger partial charge is 0.445 e. The number of hydrogen-bond donors (Lipinski definition) is 2. The lowest BCUT2D eigenvalue weighted by Gasteiger charge is -2.66. The number of carbonyl (C=O) groups is 2. The van der Waals surface area contributed by atoms with Crippen LogP contribution < -0.4 is 10.2 Å². The first-order valence-electron chi connectivity index (χ1n) is 15.1. The number of rotatable bonds is 3. The molecule has 0 radical (unpaired) electrons. The van der Waals surface area contributed by atoms with Crippen LogP contribution in [0, 0.1) is 34.0 Å². The normalized spacial score (nSPS) is 37.5. The first-order chi connectivity index (χ1) is 19.0. The van der Waals surface area contributed by atoms with Crippen LogP contribution in [0.5, 0.6) is 0 Å². The van der Waals surface area contributed by atoms with Crippen molar-refractivity contribution in [1.82, 2.24) is 0 Å². The molecule has 2 N–H and O–H groups in total.